The predicted molar refractivity (Wildman–Crippen MR) is 104 cm³/mol. The van der Waals surface area contributed by atoms with Crippen LogP contribution in [0, 0.1) is 17.7 Å². The van der Waals surface area contributed by atoms with E-state index in [0.29, 0.717) is 16.7 Å². The van der Waals surface area contributed by atoms with Crippen LogP contribution >= 0.6 is 0 Å². The third-order valence-electron chi connectivity index (χ3n) is 4.60. The molecule has 4 amide bonds. The minimum absolute atomic E-state index is 0.0545. The first-order valence-electron chi connectivity index (χ1n) is 8.98. The molecule has 0 aliphatic carbocycles. The predicted octanol–water partition coefficient (Wildman–Crippen LogP) is 1.80. The van der Waals surface area contributed by atoms with Gasteiger partial charge in [-0.2, -0.15) is 0 Å². The summed E-state index contributed by atoms with van der Waals surface area (Å²) < 4.78 is 18.6. The number of carbonyl (C=O) groups excluding carboxylic acids is 3. The lowest BCUT2D eigenvalue weighted by Gasteiger charge is -2.21. The molecule has 4 rings (SSSR count). The van der Waals surface area contributed by atoms with Crippen molar-refractivity contribution in [1.29, 1.82) is 0 Å². The zero-order valence-corrected chi connectivity index (χ0v) is 15.5. The summed E-state index contributed by atoms with van der Waals surface area (Å²) in [6, 6.07) is 7.80. The van der Waals surface area contributed by atoms with E-state index in [9.17, 15) is 18.8 Å². The number of hydrogen-bond acceptors (Lipinski definition) is 5. The number of nitrogens with one attached hydrogen (secondary N) is 2. The molecule has 8 nitrogen and oxygen atoms in total. The lowest BCUT2D eigenvalue weighted by atomic mass is 10.1. The van der Waals surface area contributed by atoms with Crippen molar-refractivity contribution in [3.05, 3.63) is 65.1 Å². The summed E-state index contributed by atoms with van der Waals surface area (Å²) in [5, 5.41) is 9.06. The Morgan fingerprint density at radius 1 is 1.33 bits per heavy atom. The number of fused-ring (bicyclic) bond motifs is 2. The lowest BCUT2D eigenvalue weighted by molar-refractivity contribution is -0.108. The van der Waals surface area contributed by atoms with Gasteiger partial charge in [-0.3, -0.25) is 14.9 Å². The van der Waals surface area contributed by atoms with Crippen LogP contribution in [0.1, 0.15) is 21.5 Å². The van der Waals surface area contributed by atoms with Gasteiger partial charge in [0.15, 0.2) is 5.58 Å². The largest absolute Gasteiger partial charge is 0.356 e. The molecule has 0 spiro atoms. The van der Waals surface area contributed by atoms with Gasteiger partial charge in [-0.15, -0.1) is 0 Å². The van der Waals surface area contributed by atoms with Gasteiger partial charge in [0.05, 0.1) is 12.7 Å². The normalized spacial score (nSPS) is 13.4. The Balaban J connectivity index is 1.55. The highest BCUT2D eigenvalue weighted by Gasteiger charge is 2.29. The van der Waals surface area contributed by atoms with Crippen molar-refractivity contribution >= 4 is 29.3 Å². The first-order valence-corrected chi connectivity index (χ1v) is 8.98. The van der Waals surface area contributed by atoms with E-state index in [1.54, 1.807) is 30.5 Å². The number of carbonyl (C=O) groups is 3. The quantitative estimate of drug-likeness (QED) is 0.508. The molecule has 0 radical (unpaired) electrons. The molecule has 1 aliphatic rings. The fourth-order valence-corrected chi connectivity index (χ4v) is 3.19. The number of hydrogen-bond donors (Lipinski definition) is 2. The Kier molecular flexibility index (Phi) is 5.13. The van der Waals surface area contributed by atoms with Gasteiger partial charge in [-0.1, -0.05) is 23.1 Å². The fraction of sp³-hybridized carbons (Fsp3) is 0.143. The minimum atomic E-state index is -0.779. The first kappa shape index (κ1) is 19.1. The zero-order valence-electron chi connectivity index (χ0n) is 15.5. The Hall–Kier alpha value is -4.19. The second-order valence-electron chi connectivity index (χ2n) is 6.62. The molecule has 2 heterocycles. The fourth-order valence-electron chi connectivity index (χ4n) is 3.19. The molecule has 2 aromatic carbocycles. The molecular formula is C21H15FN4O4. The highest BCUT2D eigenvalue weighted by atomic mass is 19.1. The van der Waals surface area contributed by atoms with Crippen LogP contribution in [0.15, 0.2) is 47.1 Å². The van der Waals surface area contributed by atoms with Crippen molar-refractivity contribution in [1.82, 2.24) is 20.7 Å². The molecule has 1 aliphatic heterocycles. The van der Waals surface area contributed by atoms with Crippen molar-refractivity contribution in [2.45, 2.75) is 12.6 Å². The Labute approximate surface area is 170 Å². The number of urea groups is 1. The van der Waals surface area contributed by atoms with Gasteiger partial charge in [-0.05, 0) is 35.9 Å². The summed E-state index contributed by atoms with van der Waals surface area (Å²) in [5.41, 5.74) is 2.17. The van der Waals surface area contributed by atoms with E-state index in [4.69, 9.17) is 4.52 Å². The Morgan fingerprint density at radius 2 is 2.20 bits per heavy atom. The van der Waals surface area contributed by atoms with E-state index < -0.39 is 17.9 Å². The average molecular weight is 406 g/mol. The van der Waals surface area contributed by atoms with Crippen LogP contribution in [0.2, 0.25) is 0 Å². The minimum Gasteiger partial charge on any atom is -0.356 e. The second kappa shape index (κ2) is 8.05. The molecule has 0 unspecified atom stereocenters. The smallest absolute Gasteiger partial charge is 0.322 e. The van der Waals surface area contributed by atoms with Gasteiger partial charge in [0.1, 0.15) is 11.9 Å². The molecule has 9 heteroatoms. The monoisotopic (exact) mass is 406 g/mol. The molecule has 150 valence electrons. The topological polar surface area (TPSA) is 105 Å². The van der Waals surface area contributed by atoms with Crippen LogP contribution in [0.3, 0.4) is 0 Å². The van der Waals surface area contributed by atoms with Gasteiger partial charge >= 0.3 is 6.03 Å². The van der Waals surface area contributed by atoms with Crippen LogP contribution in [0.4, 0.5) is 9.18 Å². The molecular weight excluding hydrogens is 391 g/mol. The molecule has 1 atom stereocenters. The summed E-state index contributed by atoms with van der Waals surface area (Å²) in [5.74, 6) is 4.98. The van der Waals surface area contributed by atoms with E-state index >= 15 is 0 Å². The van der Waals surface area contributed by atoms with Gasteiger partial charge in [0.25, 0.3) is 5.91 Å². The maximum Gasteiger partial charge on any atom is 0.322 e. The maximum atomic E-state index is 13.5. The van der Waals surface area contributed by atoms with E-state index in [-0.39, 0.29) is 31.0 Å². The standard InChI is InChI=1S/C21H15FN4O4/c22-16-5-4-15-10-26(20(28)18(15)8-16)11-17(25-21(29)23-12-27)6-2-13-1-3-14-9-24-30-19(14)7-13/h1,3-5,7-9,12,17H,10-11H2,(H2,23,25,27,29)/t17-/m1/s1. The highest BCUT2D eigenvalue weighted by molar-refractivity contribution is 5.98. The summed E-state index contributed by atoms with van der Waals surface area (Å²) in [6.07, 6.45) is 1.83. The molecule has 0 fully saturated rings. The summed E-state index contributed by atoms with van der Waals surface area (Å²) in [4.78, 5) is 36.4. The highest BCUT2D eigenvalue weighted by Crippen LogP contribution is 2.23. The van der Waals surface area contributed by atoms with E-state index in [1.165, 1.54) is 17.0 Å². The molecule has 1 aromatic heterocycles. The van der Waals surface area contributed by atoms with Gasteiger partial charge in [0, 0.05) is 23.1 Å². The Morgan fingerprint density at radius 3 is 3.03 bits per heavy atom. The summed E-state index contributed by atoms with van der Waals surface area (Å²) in [7, 11) is 0. The van der Waals surface area contributed by atoms with E-state index in [1.807, 2.05) is 5.32 Å². The zero-order chi connectivity index (χ0) is 21.1. The number of amides is 4. The molecule has 0 saturated carbocycles. The van der Waals surface area contributed by atoms with Crippen LogP contribution in [-0.4, -0.2) is 41.0 Å². The molecule has 0 saturated heterocycles. The summed E-state index contributed by atoms with van der Waals surface area (Å²) in [6.45, 7) is 0.326. The number of imide groups is 1. The Bertz CT molecular complexity index is 1210. The van der Waals surface area contributed by atoms with Crippen molar-refractivity contribution in [3.63, 3.8) is 0 Å². The SMILES string of the molecule is O=CNC(=O)N[C@H](C#Cc1ccc2cnoc2c1)CN1Cc2ccc(F)cc2C1=O. The molecule has 30 heavy (non-hydrogen) atoms. The number of nitrogens with zero attached hydrogens (tertiary/aromatic N) is 2. The summed E-state index contributed by atoms with van der Waals surface area (Å²) >= 11 is 0. The average Bonchev–Trinajstić information content (AvgIpc) is 3.31. The number of rotatable bonds is 4. The molecule has 3 aromatic rings. The number of halogens is 1. The molecule has 0 bridgehead atoms. The van der Waals surface area contributed by atoms with Crippen LogP contribution < -0.4 is 10.6 Å². The van der Waals surface area contributed by atoms with E-state index in [0.717, 1.165) is 5.39 Å². The van der Waals surface area contributed by atoms with Crippen molar-refractivity contribution in [3.8, 4) is 11.8 Å². The van der Waals surface area contributed by atoms with Gasteiger partial charge < -0.3 is 14.7 Å². The maximum absolute atomic E-state index is 13.5. The van der Waals surface area contributed by atoms with Crippen LogP contribution in [0.5, 0.6) is 0 Å². The third-order valence-corrected chi connectivity index (χ3v) is 4.60. The van der Waals surface area contributed by atoms with Crippen molar-refractivity contribution in [2.75, 3.05) is 6.54 Å². The number of benzene rings is 2. The van der Waals surface area contributed by atoms with E-state index in [2.05, 4.69) is 22.3 Å². The van der Waals surface area contributed by atoms with Crippen molar-refractivity contribution < 1.29 is 23.3 Å². The third kappa shape index (κ3) is 3.98. The van der Waals surface area contributed by atoms with Crippen molar-refractivity contribution in [2.24, 2.45) is 0 Å². The number of aromatic nitrogens is 1. The van der Waals surface area contributed by atoms with Crippen LogP contribution in [0.25, 0.3) is 11.0 Å². The first-order chi connectivity index (χ1) is 14.5. The molecule has 2 N–H and O–H groups in total. The van der Waals surface area contributed by atoms with Crippen LogP contribution in [-0.2, 0) is 11.3 Å². The van der Waals surface area contributed by atoms with Gasteiger partial charge in [0.2, 0.25) is 6.41 Å². The second-order valence-corrected chi connectivity index (χ2v) is 6.62. The lowest BCUT2D eigenvalue weighted by Crippen LogP contribution is -2.46. The van der Waals surface area contributed by atoms with Gasteiger partial charge in [-0.25, -0.2) is 9.18 Å².